The lowest BCUT2D eigenvalue weighted by atomic mass is 9.91. The molecule has 52 heavy (non-hydrogen) atoms. The predicted octanol–water partition coefficient (Wildman–Crippen LogP) is 12.5. The van der Waals surface area contributed by atoms with Crippen LogP contribution in [0.15, 0.2) is 158 Å². The molecule has 1 saturated carbocycles. The highest BCUT2D eigenvalue weighted by molar-refractivity contribution is 6.12. The maximum Gasteiger partial charge on any atom is 0.0629 e. The quantitative estimate of drug-likeness (QED) is 0.182. The fourth-order valence-electron chi connectivity index (χ4n) is 9.89. The third-order valence-electron chi connectivity index (χ3n) is 12.4. The lowest BCUT2D eigenvalue weighted by Crippen LogP contribution is -2.28. The van der Waals surface area contributed by atoms with E-state index in [1.54, 1.807) is 0 Å². The second-order valence-electron chi connectivity index (χ2n) is 15.2. The van der Waals surface area contributed by atoms with Gasteiger partial charge in [-0.2, -0.15) is 0 Å². The van der Waals surface area contributed by atoms with Crippen LogP contribution in [0.2, 0.25) is 0 Å². The molecule has 1 fully saturated rings. The fourth-order valence-corrected chi connectivity index (χ4v) is 9.89. The van der Waals surface area contributed by atoms with E-state index in [1.165, 1.54) is 89.8 Å². The van der Waals surface area contributed by atoms with Gasteiger partial charge in [-0.15, -0.1) is 0 Å². The zero-order valence-electron chi connectivity index (χ0n) is 28.9. The number of fused-ring (bicyclic) bond motifs is 11. The van der Waals surface area contributed by atoms with Gasteiger partial charge in [-0.1, -0.05) is 97.1 Å². The molecule has 0 N–H and O–H groups in total. The van der Waals surface area contributed by atoms with Gasteiger partial charge in [-0.05, 0) is 109 Å². The number of para-hydroxylation sites is 2. The third kappa shape index (κ3) is 4.02. The van der Waals surface area contributed by atoms with Crippen molar-refractivity contribution >= 4 is 55.9 Å². The molecule has 0 radical (unpaired) electrons. The minimum Gasteiger partial charge on any atom is -0.333 e. The summed E-state index contributed by atoms with van der Waals surface area (Å²) in [6.45, 7) is 0. The molecule has 2 aromatic heterocycles. The van der Waals surface area contributed by atoms with Crippen LogP contribution >= 0.6 is 0 Å². The van der Waals surface area contributed by atoms with Gasteiger partial charge in [0.2, 0.25) is 0 Å². The third-order valence-corrected chi connectivity index (χ3v) is 12.4. The SMILES string of the molecule is C1=CCCC(n2c3c(c4cc(-c5ccc6c(c5)c5cc(N7c8ccccc8C8C=CC=CC87)ccc5n6-c5ccccc5)ccc42)C=CC2C[C@@H]32)=C1. The summed E-state index contributed by atoms with van der Waals surface area (Å²) in [5.41, 5.74) is 15.8. The molecule has 5 aromatic carbocycles. The van der Waals surface area contributed by atoms with E-state index in [2.05, 4.69) is 178 Å². The minimum absolute atomic E-state index is 0.267. The Hall–Kier alpha value is -6.06. The van der Waals surface area contributed by atoms with Crippen molar-refractivity contribution in [3.8, 4) is 16.8 Å². The van der Waals surface area contributed by atoms with E-state index in [1.807, 2.05) is 0 Å². The molecule has 4 atom stereocenters. The van der Waals surface area contributed by atoms with E-state index >= 15 is 0 Å². The molecule has 3 unspecified atom stereocenters. The van der Waals surface area contributed by atoms with Gasteiger partial charge < -0.3 is 14.0 Å². The number of benzene rings is 5. The Labute approximate surface area is 303 Å². The molecular formula is C49H37N3. The molecule has 0 amide bonds. The van der Waals surface area contributed by atoms with Gasteiger partial charge in [0.05, 0.1) is 22.6 Å². The zero-order valence-corrected chi connectivity index (χ0v) is 28.9. The van der Waals surface area contributed by atoms with Crippen molar-refractivity contribution in [3.05, 3.63) is 175 Å². The van der Waals surface area contributed by atoms with Crippen molar-refractivity contribution in [1.82, 2.24) is 9.13 Å². The second-order valence-corrected chi connectivity index (χ2v) is 15.2. The lowest BCUT2D eigenvalue weighted by molar-refractivity contribution is 0.745. The monoisotopic (exact) mass is 667 g/mol. The average molecular weight is 668 g/mol. The number of allylic oxidation sites excluding steroid dienone is 7. The van der Waals surface area contributed by atoms with Crippen LogP contribution in [0.25, 0.3) is 61.3 Å². The molecule has 3 heteroatoms. The Balaban J connectivity index is 1.05. The van der Waals surface area contributed by atoms with Crippen molar-refractivity contribution in [2.24, 2.45) is 5.92 Å². The Bertz CT molecular complexity index is 2800. The van der Waals surface area contributed by atoms with Gasteiger partial charge in [0, 0.05) is 62.0 Å². The van der Waals surface area contributed by atoms with E-state index in [0.717, 1.165) is 12.8 Å². The lowest BCUT2D eigenvalue weighted by Gasteiger charge is -2.28. The van der Waals surface area contributed by atoms with E-state index in [0.29, 0.717) is 17.8 Å². The highest BCUT2D eigenvalue weighted by atomic mass is 15.2. The summed E-state index contributed by atoms with van der Waals surface area (Å²) < 4.78 is 5.05. The highest BCUT2D eigenvalue weighted by Crippen LogP contribution is 2.56. The van der Waals surface area contributed by atoms with Gasteiger partial charge >= 0.3 is 0 Å². The van der Waals surface area contributed by atoms with Crippen LogP contribution in [0.3, 0.4) is 0 Å². The summed E-state index contributed by atoms with van der Waals surface area (Å²) in [4.78, 5) is 2.55. The number of nitrogens with zero attached hydrogens (tertiary/aromatic N) is 3. The standard InChI is InChI=1S/C49H37N3/c1-3-11-34(12-4-1)50-46-24-20-32(31-21-25-48-41(27-31)39-23-19-33-29-40(33)49(39)52(48)35-13-5-2-6-14-35)28-42(46)43-30-36(22-26-47(43)50)51-44-17-9-7-15-37(44)38-16-8-10-18-45(38)51/h1-5,7-13,15-28,30,33,37,40,44H,6,14,29H2/t33?,37?,40-,44?/m1/s1. The average Bonchev–Trinajstić information content (AvgIpc) is 3.70. The van der Waals surface area contributed by atoms with Crippen LogP contribution in [0.5, 0.6) is 0 Å². The van der Waals surface area contributed by atoms with Crippen molar-refractivity contribution in [2.45, 2.75) is 37.1 Å². The molecule has 3 heterocycles. The maximum absolute atomic E-state index is 2.61. The molecule has 0 spiro atoms. The molecule has 0 bridgehead atoms. The number of rotatable bonds is 4. The number of hydrogen-bond acceptors (Lipinski definition) is 1. The van der Waals surface area contributed by atoms with E-state index in [9.17, 15) is 0 Å². The van der Waals surface area contributed by atoms with Gasteiger partial charge in [0.15, 0.2) is 0 Å². The van der Waals surface area contributed by atoms with Crippen LogP contribution in [-0.4, -0.2) is 15.2 Å². The molecular weight excluding hydrogens is 631 g/mol. The van der Waals surface area contributed by atoms with Gasteiger partial charge in [0.25, 0.3) is 0 Å². The molecule has 5 aliphatic rings. The first-order valence-electron chi connectivity index (χ1n) is 18.9. The zero-order chi connectivity index (χ0) is 33.9. The molecule has 3 nitrogen and oxygen atoms in total. The summed E-state index contributed by atoms with van der Waals surface area (Å²) in [7, 11) is 0. The minimum atomic E-state index is 0.267. The topological polar surface area (TPSA) is 13.1 Å². The van der Waals surface area contributed by atoms with Crippen molar-refractivity contribution in [2.75, 3.05) is 4.90 Å². The first-order valence-corrected chi connectivity index (χ1v) is 18.9. The number of anilines is 2. The summed E-state index contributed by atoms with van der Waals surface area (Å²) in [6, 6.07) is 41.4. The molecule has 248 valence electrons. The van der Waals surface area contributed by atoms with Gasteiger partial charge in [-0.25, -0.2) is 0 Å². The fraction of sp³-hybridized carbons (Fsp3) is 0.143. The van der Waals surface area contributed by atoms with Crippen LogP contribution in [-0.2, 0) is 0 Å². The van der Waals surface area contributed by atoms with Crippen LogP contribution in [0.1, 0.15) is 47.9 Å². The van der Waals surface area contributed by atoms with Gasteiger partial charge in [0.1, 0.15) is 0 Å². The smallest absolute Gasteiger partial charge is 0.0629 e. The van der Waals surface area contributed by atoms with Crippen molar-refractivity contribution in [3.63, 3.8) is 0 Å². The highest BCUT2D eigenvalue weighted by Gasteiger charge is 2.43. The molecule has 0 saturated heterocycles. The van der Waals surface area contributed by atoms with Gasteiger partial charge in [-0.3, -0.25) is 0 Å². The van der Waals surface area contributed by atoms with Crippen molar-refractivity contribution in [1.29, 1.82) is 0 Å². The molecule has 7 aromatic rings. The summed E-state index contributed by atoms with van der Waals surface area (Å²) >= 11 is 0. The normalized spacial score (nSPS) is 22.2. The predicted molar refractivity (Wildman–Crippen MR) is 218 cm³/mol. The summed E-state index contributed by atoms with van der Waals surface area (Å²) in [5, 5.41) is 3.93. The molecule has 12 rings (SSSR count). The van der Waals surface area contributed by atoms with Crippen LogP contribution < -0.4 is 4.90 Å². The van der Waals surface area contributed by atoms with E-state index in [4.69, 9.17) is 0 Å². The largest absolute Gasteiger partial charge is 0.333 e. The van der Waals surface area contributed by atoms with E-state index in [-0.39, 0.29) is 6.04 Å². The Morgan fingerprint density at radius 3 is 2.19 bits per heavy atom. The second kappa shape index (κ2) is 10.7. The Morgan fingerprint density at radius 2 is 1.35 bits per heavy atom. The molecule has 4 aliphatic carbocycles. The Morgan fingerprint density at radius 1 is 0.596 bits per heavy atom. The number of aromatic nitrogens is 2. The number of hydrogen-bond donors (Lipinski definition) is 0. The van der Waals surface area contributed by atoms with E-state index < -0.39 is 0 Å². The summed E-state index contributed by atoms with van der Waals surface area (Å²) in [5.74, 6) is 1.71. The summed E-state index contributed by atoms with van der Waals surface area (Å²) in [6.07, 6.45) is 24.4. The molecule has 1 aliphatic heterocycles. The first-order chi connectivity index (χ1) is 25.8. The van der Waals surface area contributed by atoms with Crippen LogP contribution in [0, 0.1) is 5.92 Å². The van der Waals surface area contributed by atoms with Crippen LogP contribution in [0.4, 0.5) is 11.4 Å². The first kappa shape index (κ1) is 28.6. The maximum atomic E-state index is 2.61. The Kier molecular flexibility index (Phi) is 5.90. The van der Waals surface area contributed by atoms with Crippen molar-refractivity contribution < 1.29 is 0 Å².